The monoisotopic (exact) mass is 301 g/mol. The van der Waals surface area contributed by atoms with E-state index in [9.17, 15) is 0 Å². The van der Waals surface area contributed by atoms with Gasteiger partial charge in [-0.3, -0.25) is 9.78 Å². The summed E-state index contributed by atoms with van der Waals surface area (Å²) in [4.78, 5) is 4.38. The van der Waals surface area contributed by atoms with Crippen molar-refractivity contribution in [2.24, 2.45) is 0 Å². The molecule has 8 heteroatoms. The average molecular weight is 301 g/mol. The highest BCUT2D eigenvalue weighted by Crippen LogP contribution is 2.29. The Kier molecular flexibility index (Phi) is 4.29. The Labute approximate surface area is 127 Å². The van der Waals surface area contributed by atoms with Gasteiger partial charge in [-0.05, 0) is 19.4 Å². The zero-order valence-electron chi connectivity index (χ0n) is 12.7. The van der Waals surface area contributed by atoms with Gasteiger partial charge in [-0.2, -0.15) is 5.10 Å². The molecule has 0 amide bonds. The molecule has 2 N–H and O–H groups in total. The number of hydrogen-bond donors (Lipinski definition) is 2. The molecule has 8 nitrogen and oxygen atoms in total. The first-order chi connectivity index (χ1) is 10.8. The first-order valence-corrected chi connectivity index (χ1v) is 7.30. The summed E-state index contributed by atoms with van der Waals surface area (Å²) in [5.74, 6) is 0.803. The van der Waals surface area contributed by atoms with Gasteiger partial charge in [0.25, 0.3) is 0 Å². The van der Waals surface area contributed by atoms with Crippen molar-refractivity contribution in [1.29, 1.82) is 0 Å². The van der Waals surface area contributed by atoms with E-state index in [0.717, 1.165) is 47.6 Å². The van der Waals surface area contributed by atoms with Crippen LogP contribution in [0.5, 0.6) is 0 Å². The number of hydrogen-bond acceptors (Lipinski definition) is 6. The highest BCUT2D eigenvalue weighted by molar-refractivity contribution is 5.99. The maximum Gasteiger partial charge on any atom is 0.137 e. The topological polar surface area (TPSA) is 93.5 Å². The fourth-order valence-corrected chi connectivity index (χ4v) is 2.34. The van der Waals surface area contributed by atoms with Crippen LogP contribution in [0.1, 0.15) is 13.3 Å². The van der Waals surface area contributed by atoms with E-state index in [4.69, 9.17) is 4.74 Å². The number of anilines is 1. The molecule has 3 aromatic rings. The third-order valence-electron chi connectivity index (χ3n) is 3.34. The fraction of sp³-hybridized carbons (Fsp3) is 0.429. The standard InChI is InChI=1S/C14H19N7O/c1-3-15-14-12-10(5-6-16-14)17-19-13(12)11-9-21(20-18-11)7-4-8-22-2/h5-6,9H,3-4,7-8H2,1-2H3,(H,15,16)(H,17,19). The van der Waals surface area contributed by atoms with Crippen LogP contribution < -0.4 is 5.32 Å². The third-order valence-corrected chi connectivity index (χ3v) is 3.34. The van der Waals surface area contributed by atoms with Crippen molar-refractivity contribution in [1.82, 2.24) is 30.2 Å². The zero-order chi connectivity index (χ0) is 15.4. The minimum atomic E-state index is 0.703. The predicted octanol–water partition coefficient (Wildman–Crippen LogP) is 1.68. The Bertz CT molecular complexity index is 749. The van der Waals surface area contributed by atoms with Gasteiger partial charge in [-0.25, -0.2) is 4.98 Å². The summed E-state index contributed by atoms with van der Waals surface area (Å²) in [7, 11) is 1.69. The number of aromatic nitrogens is 6. The van der Waals surface area contributed by atoms with Crippen LogP contribution in [-0.4, -0.2) is 50.4 Å². The summed E-state index contributed by atoms with van der Waals surface area (Å²) >= 11 is 0. The molecule has 3 rings (SSSR count). The van der Waals surface area contributed by atoms with Crippen molar-refractivity contribution in [2.75, 3.05) is 25.6 Å². The second-order valence-electron chi connectivity index (χ2n) is 4.90. The number of pyridine rings is 1. The average Bonchev–Trinajstić information content (AvgIpc) is 3.14. The second kappa shape index (κ2) is 6.52. The number of fused-ring (bicyclic) bond motifs is 1. The van der Waals surface area contributed by atoms with Gasteiger partial charge in [-0.15, -0.1) is 5.10 Å². The number of aromatic amines is 1. The van der Waals surface area contributed by atoms with E-state index >= 15 is 0 Å². The quantitative estimate of drug-likeness (QED) is 0.645. The van der Waals surface area contributed by atoms with Crippen molar-refractivity contribution < 1.29 is 4.74 Å². The van der Waals surface area contributed by atoms with Crippen molar-refractivity contribution in [3.05, 3.63) is 18.5 Å². The molecular weight excluding hydrogens is 282 g/mol. The lowest BCUT2D eigenvalue weighted by molar-refractivity contribution is 0.189. The molecule has 3 heterocycles. The van der Waals surface area contributed by atoms with Gasteiger partial charge >= 0.3 is 0 Å². The Hall–Kier alpha value is -2.48. The normalized spacial score (nSPS) is 11.2. The van der Waals surface area contributed by atoms with Crippen LogP contribution in [0, 0.1) is 0 Å². The molecule has 0 bridgehead atoms. The maximum absolute atomic E-state index is 5.05. The zero-order valence-corrected chi connectivity index (χ0v) is 12.7. The van der Waals surface area contributed by atoms with E-state index in [2.05, 4.69) is 30.8 Å². The Morgan fingerprint density at radius 3 is 3.14 bits per heavy atom. The van der Waals surface area contributed by atoms with Crippen molar-refractivity contribution in [3.8, 4) is 11.4 Å². The minimum Gasteiger partial charge on any atom is -0.385 e. The van der Waals surface area contributed by atoms with Crippen LogP contribution >= 0.6 is 0 Å². The van der Waals surface area contributed by atoms with Gasteiger partial charge < -0.3 is 10.1 Å². The molecule has 0 aliphatic carbocycles. The van der Waals surface area contributed by atoms with Gasteiger partial charge in [0.15, 0.2) is 0 Å². The van der Waals surface area contributed by atoms with Gasteiger partial charge in [0.1, 0.15) is 17.2 Å². The molecule has 0 atom stereocenters. The smallest absolute Gasteiger partial charge is 0.137 e. The Balaban J connectivity index is 1.93. The highest BCUT2D eigenvalue weighted by Gasteiger charge is 2.15. The van der Waals surface area contributed by atoms with Crippen molar-refractivity contribution in [3.63, 3.8) is 0 Å². The summed E-state index contributed by atoms with van der Waals surface area (Å²) in [6.45, 7) is 4.29. The van der Waals surface area contributed by atoms with Crippen LogP contribution in [0.4, 0.5) is 5.82 Å². The lowest BCUT2D eigenvalue weighted by atomic mass is 10.2. The van der Waals surface area contributed by atoms with Crippen LogP contribution in [-0.2, 0) is 11.3 Å². The molecule has 0 unspecified atom stereocenters. The van der Waals surface area contributed by atoms with Gasteiger partial charge in [0.2, 0.25) is 0 Å². The number of methoxy groups -OCH3 is 1. The summed E-state index contributed by atoms with van der Waals surface area (Å²) in [5.41, 5.74) is 2.42. The van der Waals surface area contributed by atoms with Crippen LogP contribution in [0.3, 0.4) is 0 Å². The van der Waals surface area contributed by atoms with Crippen molar-refractivity contribution in [2.45, 2.75) is 19.9 Å². The first-order valence-electron chi connectivity index (χ1n) is 7.30. The number of rotatable bonds is 7. The van der Waals surface area contributed by atoms with Crippen LogP contribution in [0.15, 0.2) is 18.5 Å². The molecule has 0 saturated carbocycles. The molecule has 0 aliphatic heterocycles. The molecule has 0 fully saturated rings. The number of nitrogens with one attached hydrogen (secondary N) is 2. The molecule has 0 aromatic carbocycles. The van der Waals surface area contributed by atoms with E-state index in [0.29, 0.717) is 6.61 Å². The highest BCUT2D eigenvalue weighted by atomic mass is 16.5. The number of ether oxygens (including phenoxy) is 1. The van der Waals surface area contributed by atoms with E-state index < -0.39 is 0 Å². The lowest BCUT2D eigenvalue weighted by Gasteiger charge is -2.03. The molecule has 0 saturated heterocycles. The van der Waals surface area contributed by atoms with Gasteiger partial charge in [-0.1, -0.05) is 5.21 Å². The molecule has 0 spiro atoms. The summed E-state index contributed by atoms with van der Waals surface area (Å²) < 4.78 is 6.85. The van der Waals surface area contributed by atoms with E-state index in [-0.39, 0.29) is 0 Å². The summed E-state index contributed by atoms with van der Waals surface area (Å²) in [6.07, 6.45) is 4.54. The molecule has 0 aliphatic rings. The lowest BCUT2D eigenvalue weighted by Crippen LogP contribution is -2.01. The van der Waals surface area contributed by atoms with Crippen LogP contribution in [0.25, 0.3) is 22.3 Å². The van der Waals surface area contributed by atoms with Gasteiger partial charge in [0, 0.05) is 33.0 Å². The maximum atomic E-state index is 5.05. The van der Waals surface area contributed by atoms with E-state index in [1.807, 2.05) is 19.2 Å². The van der Waals surface area contributed by atoms with Crippen LogP contribution in [0.2, 0.25) is 0 Å². The molecular formula is C14H19N7O. The Morgan fingerprint density at radius 2 is 2.32 bits per heavy atom. The van der Waals surface area contributed by atoms with E-state index in [1.165, 1.54) is 0 Å². The first kappa shape index (κ1) is 14.5. The molecule has 0 radical (unpaired) electrons. The summed E-state index contributed by atoms with van der Waals surface area (Å²) in [6, 6.07) is 1.90. The number of aryl methyl sites for hydroxylation is 1. The van der Waals surface area contributed by atoms with E-state index in [1.54, 1.807) is 18.0 Å². The third kappa shape index (κ3) is 2.77. The number of H-pyrrole nitrogens is 1. The predicted molar refractivity (Wildman–Crippen MR) is 83.6 cm³/mol. The van der Waals surface area contributed by atoms with Gasteiger partial charge in [0.05, 0.1) is 17.1 Å². The summed E-state index contributed by atoms with van der Waals surface area (Å²) in [5, 5.41) is 19.9. The fourth-order valence-electron chi connectivity index (χ4n) is 2.34. The molecule has 3 aromatic heterocycles. The Morgan fingerprint density at radius 1 is 1.41 bits per heavy atom. The molecule has 116 valence electrons. The van der Waals surface area contributed by atoms with Crippen molar-refractivity contribution >= 4 is 16.7 Å². The largest absolute Gasteiger partial charge is 0.385 e. The minimum absolute atomic E-state index is 0.703. The SMILES string of the molecule is CCNc1nccc2[nH]nc(-c3cn(CCCOC)nn3)c12. The second-order valence-corrected chi connectivity index (χ2v) is 4.90. The number of nitrogens with zero attached hydrogens (tertiary/aromatic N) is 5. The molecule has 22 heavy (non-hydrogen) atoms.